The summed E-state index contributed by atoms with van der Waals surface area (Å²) in [6, 6.07) is 15.8. The minimum Gasteiger partial charge on any atom is -0.477 e. The van der Waals surface area contributed by atoms with Crippen LogP contribution in [0.4, 0.5) is 0 Å². The van der Waals surface area contributed by atoms with E-state index >= 15 is 0 Å². The number of hydrogen-bond acceptors (Lipinski definition) is 3. The van der Waals surface area contributed by atoms with E-state index in [-0.39, 0.29) is 17.0 Å². The second-order valence-electron chi connectivity index (χ2n) is 11.9. The van der Waals surface area contributed by atoms with Gasteiger partial charge in [0.25, 0.3) is 0 Å². The third kappa shape index (κ3) is 5.27. The van der Waals surface area contributed by atoms with Crippen LogP contribution in [-0.2, 0) is 5.41 Å². The number of aromatic nitrogens is 1. The van der Waals surface area contributed by atoms with E-state index in [4.69, 9.17) is 4.74 Å². The van der Waals surface area contributed by atoms with Crippen molar-refractivity contribution in [1.82, 2.24) is 4.98 Å². The van der Waals surface area contributed by atoms with Crippen molar-refractivity contribution in [3.63, 3.8) is 0 Å². The Bertz CT molecular complexity index is 1170. The third-order valence-electron chi connectivity index (χ3n) is 7.35. The zero-order chi connectivity index (χ0) is 24.7. The summed E-state index contributed by atoms with van der Waals surface area (Å²) in [5, 5.41) is 11.6. The fraction of sp³-hybridized carbons (Fsp3) is 0.467. The van der Waals surface area contributed by atoms with Crippen molar-refractivity contribution in [3.8, 4) is 11.5 Å². The van der Waals surface area contributed by atoms with Crippen LogP contribution in [0.15, 0.2) is 48.5 Å². The average molecular weight is 460 g/mol. The van der Waals surface area contributed by atoms with E-state index in [9.17, 15) is 9.90 Å². The van der Waals surface area contributed by atoms with Crippen LogP contribution in [0.1, 0.15) is 94.9 Å². The largest absolute Gasteiger partial charge is 0.477 e. The minimum atomic E-state index is -0.981. The number of pyridine rings is 1. The topological polar surface area (TPSA) is 59.4 Å². The van der Waals surface area contributed by atoms with Gasteiger partial charge in [0.15, 0.2) is 0 Å². The van der Waals surface area contributed by atoms with E-state index in [1.807, 2.05) is 30.3 Å². The number of carbonyl (C=O) groups is 1. The normalized spacial score (nSPS) is 19.2. The van der Waals surface area contributed by atoms with Crippen LogP contribution in [0.2, 0.25) is 0 Å². The molecule has 3 aromatic rings. The van der Waals surface area contributed by atoms with Crippen LogP contribution in [0, 0.1) is 11.3 Å². The molecule has 0 aliphatic heterocycles. The Balaban J connectivity index is 1.66. The van der Waals surface area contributed by atoms with E-state index in [2.05, 4.69) is 58.7 Å². The van der Waals surface area contributed by atoms with E-state index in [0.717, 1.165) is 53.6 Å². The molecule has 4 rings (SSSR count). The third-order valence-corrected chi connectivity index (χ3v) is 7.35. The molecular formula is C30H37NO3. The molecule has 4 nitrogen and oxygen atoms in total. The number of hydrogen-bond donors (Lipinski definition) is 1. The van der Waals surface area contributed by atoms with Crippen molar-refractivity contribution in [1.29, 1.82) is 0 Å². The lowest BCUT2D eigenvalue weighted by molar-refractivity contribution is 0.0690. The van der Waals surface area contributed by atoms with Crippen LogP contribution < -0.4 is 4.74 Å². The van der Waals surface area contributed by atoms with Crippen LogP contribution in [0.25, 0.3) is 10.8 Å². The summed E-state index contributed by atoms with van der Waals surface area (Å²) < 4.78 is 6.19. The first-order chi connectivity index (χ1) is 15.9. The summed E-state index contributed by atoms with van der Waals surface area (Å²) in [4.78, 5) is 16.4. The molecule has 1 N–H and O–H groups in total. The lowest BCUT2D eigenvalue weighted by Crippen LogP contribution is -2.25. The number of nitrogens with zero attached hydrogens (tertiary/aromatic N) is 1. The molecule has 0 bridgehead atoms. The Morgan fingerprint density at radius 1 is 0.882 bits per heavy atom. The van der Waals surface area contributed by atoms with Crippen LogP contribution in [0.5, 0.6) is 11.5 Å². The highest BCUT2D eigenvalue weighted by molar-refractivity contribution is 5.94. The predicted molar refractivity (Wildman–Crippen MR) is 138 cm³/mol. The Morgan fingerprint density at radius 3 is 2.06 bits per heavy atom. The highest BCUT2D eigenvalue weighted by Gasteiger charge is 2.31. The van der Waals surface area contributed by atoms with Crippen molar-refractivity contribution in [3.05, 3.63) is 65.5 Å². The molecule has 1 fully saturated rings. The van der Waals surface area contributed by atoms with Gasteiger partial charge in [0.1, 0.15) is 17.2 Å². The molecule has 4 heteroatoms. The predicted octanol–water partition coefficient (Wildman–Crippen LogP) is 8.34. The molecule has 0 radical (unpaired) electrons. The smallest absolute Gasteiger partial charge is 0.354 e. The first-order valence-electron chi connectivity index (χ1n) is 12.4. The van der Waals surface area contributed by atoms with Crippen molar-refractivity contribution in [2.45, 2.75) is 78.6 Å². The van der Waals surface area contributed by atoms with Crippen molar-refractivity contribution in [2.24, 2.45) is 11.3 Å². The van der Waals surface area contributed by atoms with Gasteiger partial charge >= 0.3 is 5.97 Å². The standard InChI is InChI=1S/C30H37NO3/c1-29(2,3)21-10-7-19(8-11-21)27-25-18-24(14-9-20(25)17-26(31-27)28(32)33)34-23-15-12-22(13-16-23)30(4,5)6/h9,12-19,21H,7-8,10-11H2,1-6H3,(H,32,33). The van der Waals surface area contributed by atoms with Crippen LogP contribution in [-0.4, -0.2) is 16.1 Å². The van der Waals surface area contributed by atoms with Gasteiger partial charge in [-0.1, -0.05) is 59.7 Å². The van der Waals surface area contributed by atoms with Crippen molar-refractivity contribution in [2.75, 3.05) is 0 Å². The monoisotopic (exact) mass is 459 g/mol. The molecule has 0 amide bonds. The molecule has 34 heavy (non-hydrogen) atoms. The highest BCUT2D eigenvalue weighted by Crippen LogP contribution is 2.44. The molecule has 1 aliphatic carbocycles. The fourth-order valence-electron chi connectivity index (χ4n) is 5.13. The second-order valence-corrected chi connectivity index (χ2v) is 11.9. The number of aromatic carboxylic acids is 1. The van der Waals surface area contributed by atoms with Gasteiger partial charge in [-0.25, -0.2) is 9.78 Å². The zero-order valence-corrected chi connectivity index (χ0v) is 21.3. The van der Waals surface area contributed by atoms with Gasteiger partial charge in [-0.3, -0.25) is 0 Å². The SMILES string of the molecule is CC(C)(C)c1ccc(Oc2ccc3cc(C(=O)O)nc(C4CCC(C(C)(C)C)CC4)c3c2)cc1. The first-order valence-corrected chi connectivity index (χ1v) is 12.4. The quantitative estimate of drug-likeness (QED) is 0.426. The summed E-state index contributed by atoms with van der Waals surface area (Å²) in [5.41, 5.74) is 2.67. The molecule has 0 saturated heterocycles. The van der Waals surface area contributed by atoms with Gasteiger partial charge < -0.3 is 9.84 Å². The lowest BCUT2D eigenvalue weighted by atomic mass is 9.69. The maximum absolute atomic E-state index is 11.8. The molecule has 1 saturated carbocycles. The number of fused-ring (bicyclic) bond motifs is 1. The average Bonchev–Trinajstić information content (AvgIpc) is 2.77. The Morgan fingerprint density at radius 2 is 1.50 bits per heavy atom. The number of carboxylic acid groups (broad SMARTS) is 1. The number of benzene rings is 2. The second kappa shape index (κ2) is 9.05. The Kier molecular flexibility index (Phi) is 6.46. The maximum atomic E-state index is 11.8. The minimum absolute atomic E-state index is 0.0931. The summed E-state index contributed by atoms with van der Waals surface area (Å²) in [5.74, 6) is 1.50. The maximum Gasteiger partial charge on any atom is 0.354 e. The summed E-state index contributed by atoms with van der Waals surface area (Å²) in [6.07, 6.45) is 4.36. The Hall–Kier alpha value is -2.88. The lowest BCUT2D eigenvalue weighted by Gasteiger charge is -2.37. The van der Waals surface area contributed by atoms with Gasteiger partial charge in [0, 0.05) is 11.3 Å². The van der Waals surface area contributed by atoms with Crippen molar-refractivity contribution < 1.29 is 14.6 Å². The fourth-order valence-corrected chi connectivity index (χ4v) is 5.13. The van der Waals surface area contributed by atoms with Gasteiger partial charge in [-0.15, -0.1) is 0 Å². The summed E-state index contributed by atoms with van der Waals surface area (Å²) >= 11 is 0. The van der Waals surface area contributed by atoms with Gasteiger partial charge in [0.05, 0.1) is 5.69 Å². The number of rotatable bonds is 4. The Labute approximate surface area is 203 Å². The van der Waals surface area contributed by atoms with E-state index < -0.39 is 5.97 Å². The summed E-state index contributed by atoms with van der Waals surface area (Å²) in [6.45, 7) is 13.5. The molecule has 180 valence electrons. The molecule has 0 atom stereocenters. The van der Waals surface area contributed by atoms with Gasteiger partial charge in [0.2, 0.25) is 0 Å². The highest BCUT2D eigenvalue weighted by atomic mass is 16.5. The van der Waals surface area contributed by atoms with Gasteiger partial charge in [-0.2, -0.15) is 0 Å². The van der Waals surface area contributed by atoms with Crippen molar-refractivity contribution >= 4 is 16.7 Å². The van der Waals surface area contributed by atoms with E-state index in [1.165, 1.54) is 5.56 Å². The molecule has 2 aromatic carbocycles. The molecule has 1 aliphatic rings. The number of ether oxygens (including phenoxy) is 1. The van der Waals surface area contributed by atoms with Crippen LogP contribution in [0.3, 0.4) is 0 Å². The van der Waals surface area contributed by atoms with Gasteiger partial charge in [-0.05, 0) is 83.7 Å². The summed E-state index contributed by atoms with van der Waals surface area (Å²) in [7, 11) is 0. The zero-order valence-electron chi connectivity index (χ0n) is 21.3. The molecule has 1 heterocycles. The first kappa shape index (κ1) is 24.3. The molecule has 1 aromatic heterocycles. The van der Waals surface area contributed by atoms with Crippen LogP contribution >= 0.6 is 0 Å². The molecular weight excluding hydrogens is 422 g/mol. The molecule has 0 unspecified atom stereocenters. The van der Waals surface area contributed by atoms with E-state index in [1.54, 1.807) is 6.07 Å². The van der Waals surface area contributed by atoms with E-state index in [0.29, 0.717) is 11.3 Å². The molecule has 0 spiro atoms. The number of carboxylic acids is 1.